The zero-order chi connectivity index (χ0) is 13.7. The standard InChI is InChI=1S/C14H15ClN2OS/c1-10-17-13(9-19-10)8-16-14(18)7-4-11-2-5-12(15)6-3-11/h2-3,5-6,9H,4,7-8H2,1H3,(H,16,18). The topological polar surface area (TPSA) is 42.0 Å². The molecule has 2 rings (SSSR count). The van der Waals surface area contributed by atoms with Crippen LogP contribution in [-0.2, 0) is 17.8 Å². The minimum absolute atomic E-state index is 0.0422. The molecular formula is C14H15ClN2OS. The summed E-state index contributed by atoms with van der Waals surface area (Å²) in [4.78, 5) is 16.0. The average Bonchev–Trinajstić information content (AvgIpc) is 2.81. The van der Waals surface area contributed by atoms with Crippen LogP contribution in [0.25, 0.3) is 0 Å². The summed E-state index contributed by atoms with van der Waals surface area (Å²) in [7, 11) is 0. The number of thiazole rings is 1. The predicted molar refractivity (Wildman–Crippen MR) is 78.5 cm³/mol. The van der Waals surface area contributed by atoms with Gasteiger partial charge in [-0.2, -0.15) is 0 Å². The molecule has 1 amide bonds. The molecule has 0 aliphatic heterocycles. The molecule has 0 spiro atoms. The highest BCUT2D eigenvalue weighted by molar-refractivity contribution is 7.09. The van der Waals surface area contributed by atoms with E-state index in [2.05, 4.69) is 10.3 Å². The van der Waals surface area contributed by atoms with Gasteiger partial charge in [0.2, 0.25) is 5.91 Å². The number of nitrogens with zero attached hydrogens (tertiary/aromatic N) is 1. The molecule has 1 heterocycles. The van der Waals surface area contributed by atoms with Gasteiger partial charge >= 0.3 is 0 Å². The van der Waals surface area contributed by atoms with Crippen LogP contribution in [0.5, 0.6) is 0 Å². The predicted octanol–water partition coefficient (Wildman–Crippen LogP) is 3.35. The van der Waals surface area contributed by atoms with Crippen molar-refractivity contribution in [2.45, 2.75) is 26.3 Å². The molecule has 0 radical (unpaired) electrons. The number of aryl methyl sites for hydroxylation is 2. The molecule has 1 aromatic heterocycles. The highest BCUT2D eigenvalue weighted by Gasteiger charge is 2.04. The van der Waals surface area contributed by atoms with E-state index in [0.717, 1.165) is 22.7 Å². The Morgan fingerprint density at radius 2 is 2.11 bits per heavy atom. The first-order valence-corrected chi connectivity index (χ1v) is 7.31. The van der Waals surface area contributed by atoms with Gasteiger partial charge in [0.05, 0.1) is 17.2 Å². The van der Waals surface area contributed by atoms with E-state index in [0.29, 0.717) is 18.0 Å². The minimum Gasteiger partial charge on any atom is -0.350 e. The highest BCUT2D eigenvalue weighted by atomic mass is 35.5. The fourth-order valence-electron chi connectivity index (χ4n) is 1.68. The summed E-state index contributed by atoms with van der Waals surface area (Å²) in [6.45, 7) is 2.46. The maximum absolute atomic E-state index is 11.7. The summed E-state index contributed by atoms with van der Waals surface area (Å²) in [5, 5.41) is 6.57. The van der Waals surface area contributed by atoms with E-state index in [1.807, 2.05) is 36.6 Å². The molecule has 2 aromatic rings. The Hall–Kier alpha value is -1.39. The van der Waals surface area contributed by atoms with Crippen molar-refractivity contribution in [1.82, 2.24) is 10.3 Å². The molecule has 0 aliphatic carbocycles. The van der Waals surface area contributed by atoms with Gasteiger partial charge in [-0.1, -0.05) is 23.7 Å². The van der Waals surface area contributed by atoms with E-state index in [4.69, 9.17) is 11.6 Å². The van der Waals surface area contributed by atoms with Gasteiger partial charge in [-0.15, -0.1) is 11.3 Å². The molecule has 0 saturated carbocycles. The monoisotopic (exact) mass is 294 g/mol. The Morgan fingerprint density at radius 1 is 1.37 bits per heavy atom. The maximum Gasteiger partial charge on any atom is 0.220 e. The largest absolute Gasteiger partial charge is 0.350 e. The first-order chi connectivity index (χ1) is 9.13. The summed E-state index contributed by atoms with van der Waals surface area (Å²) in [5.74, 6) is 0.0422. The Balaban J connectivity index is 1.74. The second kappa shape index (κ2) is 6.68. The van der Waals surface area contributed by atoms with Crippen LogP contribution in [0.2, 0.25) is 5.02 Å². The quantitative estimate of drug-likeness (QED) is 0.919. The normalized spacial score (nSPS) is 10.4. The summed E-state index contributed by atoms with van der Waals surface area (Å²) >= 11 is 7.40. The molecule has 0 bridgehead atoms. The fraction of sp³-hybridized carbons (Fsp3) is 0.286. The van der Waals surface area contributed by atoms with E-state index in [9.17, 15) is 4.79 Å². The molecular weight excluding hydrogens is 280 g/mol. The highest BCUT2D eigenvalue weighted by Crippen LogP contribution is 2.11. The lowest BCUT2D eigenvalue weighted by atomic mass is 10.1. The number of carbonyl (C=O) groups excluding carboxylic acids is 1. The molecule has 0 fully saturated rings. The molecule has 0 unspecified atom stereocenters. The maximum atomic E-state index is 11.7. The van der Waals surface area contributed by atoms with Gasteiger partial charge in [0.1, 0.15) is 0 Å². The fourth-order valence-corrected chi connectivity index (χ4v) is 2.41. The van der Waals surface area contributed by atoms with Gasteiger partial charge in [-0.25, -0.2) is 4.98 Å². The van der Waals surface area contributed by atoms with Crippen molar-refractivity contribution in [2.24, 2.45) is 0 Å². The Kier molecular flexibility index (Phi) is 4.93. The molecule has 100 valence electrons. The van der Waals surface area contributed by atoms with Gasteiger partial charge in [0.15, 0.2) is 0 Å². The number of aromatic nitrogens is 1. The van der Waals surface area contributed by atoms with Gasteiger partial charge in [0, 0.05) is 16.8 Å². The van der Waals surface area contributed by atoms with E-state index in [-0.39, 0.29) is 5.91 Å². The lowest BCUT2D eigenvalue weighted by Gasteiger charge is -2.04. The van der Waals surface area contributed by atoms with Crippen LogP contribution in [0.3, 0.4) is 0 Å². The van der Waals surface area contributed by atoms with E-state index >= 15 is 0 Å². The number of nitrogens with one attached hydrogen (secondary N) is 1. The smallest absolute Gasteiger partial charge is 0.220 e. The average molecular weight is 295 g/mol. The van der Waals surface area contributed by atoms with Crippen molar-refractivity contribution in [3.63, 3.8) is 0 Å². The van der Waals surface area contributed by atoms with Crippen LogP contribution in [0, 0.1) is 6.92 Å². The molecule has 5 heteroatoms. The summed E-state index contributed by atoms with van der Waals surface area (Å²) in [5.41, 5.74) is 2.03. The third kappa shape index (κ3) is 4.65. The van der Waals surface area contributed by atoms with Gasteiger partial charge in [0.25, 0.3) is 0 Å². The Labute approximate surface area is 121 Å². The minimum atomic E-state index is 0.0422. The third-order valence-corrected chi connectivity index (χ3v) is 3.76. The number of hydrogen-bond donors (Lipinski definition) is 1. The molecule has 1 aromatic carbocycles. The number of benzene rings is 1. The summed E-state index contributed by atoms with van der Waals surface area (Å²) in [6.07, 6.45) is 1.20. The van der Waals surface area contributed by atoms with Gasteiger partial charge in [-0.05, 0) is 31.0 Å². The van der Waals surface area contributed by atoms with Crippen molar-refractivity contribution in [3.05, 3.63) is 50.9 Å². The summed E-state index contributed by atoms with van der Waals surface area (Å²) < 4.78 is 0. The van der Waals surface area contributed by atoms with Crippen LogP contribution in [-0.4, -0.2) is 10.9 Å². The van der Waals surface area contributed by atoms with Crippen molar-refractivity contribution < 1.29 is 4.79 Å². The molecule has 0 atom stereocenters. The van der Waals surface area contributed by atoms with Crippen LogP contribution in [0.1, 0.15) is 22.7 Å². The first-order valence-electron chi connectivity index (χ1n) is 6.05. The van der Waals surface area contributed by atoms with Crippen LogP contribution >= 0.6 is 22.9 Å². The van der Waals surface area contributed by atoms with Crippen molar-refractivity contribution in [3.8, 4) is 0 Å². The molecule has 0 aliphatic rings. The molecule has 19 heavy (non-hydrogen) atoms. The zero-order valence-corrected chi connectivity index (χ0v) is 12.2. The Bertz CT molecular complexity index is 551. The number of hydrogen-bond acceptors (Lipinski definition) is 3. The third-order valence-electron chi connectivity index (χ3n) is 2.69. The van der Waals surface area contributed by atoms with Crippen molar-refractivity contribution in [2.75, 3.05) is 0 Å². The SMILES string of the molecule is Cc1nc(CNC(=O)CCc2ccc(Cl)cc2)cs1. The molecule has 1 N–H and O–H groups in total. The molecule has 0 saturated heterocycles. The van der Waals surface area contributed by atoms with Crippen molar-refractivity contribution in [1.29, 1.82) is 0 Å². The van der Waals surface area contributed by atoms with E-state index < -0.39 is 0 Å². The van der Waals surface area contributed by atoms with E-state index in [1.54, 1.807) is 11.3 Å². The number of rotatable bonds is 5. The molecule has 3 nitrogen and oxygen atoms in total. The number of carbonyl (C=O) groups is 1. The lowest BCUT2D eigenvalue weighted by Crippen LogP contribution is -2.23. The van der Waals surface area contributed by atoms with Crippen molar-refractivity contribution >= 4 is 28.8 Å². The second-order valence-electron chi connectivity index (χ2n) is 4.26. The number of amides is 1. The van der Waals surface area contributed by atoms with Crippen LogP contribution < -0.4 is 5.32 Å². The Morgan fingerprint density at radius 3 is 2.74 bits per heavy atom. The van der Waals surface area contributed by atoms with Gasteiger partial charge in [-0.3, -0.25) is 4.79 Å². The van der Waals surface area contributed by atoms with Gasteiger partial charge < -0.3 is 5.32 Å². The van der Waals surface area contributed by atoms with Crippen LogP contribution in [0.4, 0.5) is 0 Å². The number of halogens is 1. The lowest BCUT2D eigenvalue weighted by molar-refractivity contribution is -0.121. The van der Waals surface area contributed by atoms with Crippen LogP contribution in [0.15, 0.2) is 29.6 Å². The van der Waals surface area contributed by atoms with E-state index in [1.165, 1.54) is 0 Å². The second-order valence-corrected chi connectivity index (χ2v) is 5.76. The zero-order valence-electron chi connectivity index (χ0n) is 10.6. The first kappa shape index (κ1) is 14.0. The summed E-state index contributed by atoms with van der Waals surface area (Å²) in [6, 6.07) is 7.57.